The molecule has 2 heterocycles. The van der Waals surface area contributed by atoms with Gasteiger partial charge in [0, 0.05) is 11.8 Å². The van der Waals surface area contributed by atoms with Crippen LogP contribution in [-0.2, 0) is 14.9 Å². The molecule has 0 saturated carbocycles. The van der Waals surface area contributed by atoms with Crippen molar-refractivity contribution >= 4 is 5.78 Å². The molecule has 1 N–H and O–H groups in total. The van der Waals surface area contributed by atoms with E-state index in [9.17, 15) is 9.90 Å². The van der Waals surface area contributed by atoms with Gasteiger partial charge in [-0.15, -0.1) is 0 Å². The average molecular weight is 343 g/mol. The number of aliphatic hydroxyl groups is 1. The van der Waals surface area contributed by atoms with Crippen LogP contribution >= 0.6 is 0 Å². The average Bonchev–Trinajstić information content (AvgIpc) is 3.18. The van der Waals surface area contributed by atoms with Crippen molar-refractivity contribution in [2.45, 2.75) is 36.3 Å². The zero-order valence-corrected chi connectivity index (χ0v) is 14.4. The SMILES string of the molecule is COC1=CCC23CCN(C)C2(CC(O)c2cc4c(cc23)OCO4)C1=O. The van der Waals surface area contributed by atoms with E-state index in [4.69, 9.17) is 14.2 Å². The molecule has 25 heavy (non-hydrogen) atoms. The second-order valence-electron chi connectivity index (χ2n) is 7.43. The van der Waals surface area contributed by atoms with Crippen LogP contribution in [0.2, 0.25) is 0 Å². The number of benzene rings is 1. The third-order valence-electron chi connectivity index (χ3n) is 6.68. The van der Waals surface area contributed by atoms with Crippen molar-refractivity contribution in [3.8, 4) is 11.5 Å². The van der Waals surface area contributed by atoms with Gasteiger partial charge in [0.1, 0.15) is 5.54 Å². The summed E-state index contributed by atoms with van der Waals surface area (Å²) in [4.78, 5) is 15.5. The van der Waals surface area contributed by atoms with Gasteiger partial charge in [-0.05, 0) is 55.8 Å². The van der Waals surface area contributed by atoms with Crippen LogP contribution in [0.5, 0.6) is 11.5 Å². The molecule has 6 nitrogen and oxygen atoms in total. The Bertz CT molecular complexity index is 818. The number of allylic oxidation sites excluding steroid dienone is 1. The van der Waals surface area contributed by atoms with Gasteiger partial charge in [0.15, 0.2) is 17.3 Å². The molecule has 0 radical (unpaired) electrons. The molecule has 0 amide bonds. The van der Waals surface area contributed by atoms with E-state index in [2.05, 4.69) is 4.90 Å². The number of fused-ring (bicyclic) bond motifs is 2. The fraction of sp³-hybridized carbons (Fsp3) is 0.526. The molecule has 1 fully saturated rings. The number of rotatable bonds is 1. The Balaban J connectivity index is 1.80. The Labute approximate surface area is 146 Å². The number of carbonyl (C=O) groups excluding carboxylic acids is 1. The van der Waals surface area contributed by atoms with Gasteiger partial charge in [0.05, 0.1) is 13.2 Å². The maximum absolute atomic E-state index is 13.4. The maximum atomic E-state index is 13.4. The number of ketones is 1. The summed E-state index contributed by atoms with van der Waals surface area (Å²) in [7, 11) is 3.51. The zero-order valence-electron chi connectivity index (χ0n) is 14.4. The Hall–Kier alpha value is -2.05. The van der Waals surface area contributed by atoms with Crippen LogP contribution in [0, 0.1) is 0 Å². The molecule has 0 spiro atoms. The number of aliphatic hydroxyl groups excluding tert-OH is 1. The van der Waals surface area contributed by atoms with Gasteiger partial charge >= 0.3 is 0 Å². The zero-order chi connectivity index (χ0) is 17.4. The Morgan fingerprint density at radius 3 is 2.84 bits per heavy atom. The first kappa shape index (κ1) is 15.2. The maximum Gasteiger partial charge on any atom is 0.231 e. The third kappa shape index (κ3) is 1.60. The second-order valence-corrected chi connectivity index (χ2v) is 7.43. The van der Waals surface area contributed by atoms with Crippen LogP contribution in [0.25, 0.3) is 0 Å². The van der Waals surface area contributed by atoms with Crippen molar-refractivity contribution in [2.75, 3.05) is 27.5 Å². The van der Waals surface area contributed by atoms with E-state index in [0.717, 1.165) is 24.1 Å². The van der Waals surface area contributed by atoms with Gasteiger partial charge in [-0.3, -0.25) is 9.69 Å². The van der Waals surface area contributed by atoms with E-state index in [1.54, 1.807) is 0 Å². The minimum Gasteiger partial charge on any atom is -0.493 e. The highest BCUT2D eigenvalue weighted by molar-refractivity contribution is 6.04. The number of ether oxygens (including phenoxy) is 3. The molecule has 0 bridgehead atoms. The first-order chi connectivity index (χ1) is 12.0. The molecule has 5 rings (SSSR count). The molecular formula is C19H21NO5. The number of methoxy groups -OCH3 is 1. The molecule has 6 heteroatoms. The van der Waals surface area contributed by atoms with Crippen molar-refractivity contribution in [1.82, 2.24) is 4.90 Å². The molecule has 2 aliphatic heterocycles. The molecule has 0 aromatic heterocycles. The van der Waals surface area contributed by atoms with E-state index in [1.807, 2.05) is 25.3 Å². The first-order valence-electron chi connectivity index (χ1n) is 8.66. The minimum absolute atomic E-state index is 0.0244. The van der Waals surface area contributed by atoms with Crippen molar-refractivity contribution in [2.24, 2.45) is 0 Å². The molecule has 3 unspecified atom stereocenters. The van der Waals surface area contributed by atoms with E-state index in [0.29, 0.717) is 30.1 Å². The summed E-state index contributed by atoms with van der Waals surface area (Å²) in [5, 5.41) is 10.9. The van der Waals surface area contributed by atoms with Gasteiger partial charge < -0.3 is 19.3 Å². The summed E-state index contributed by atoms with van der Waals surface area (Å²) in [5.41, 5.74) is 0.737. The molecule has 1 saturated heterocycles. The lowest BCUT2D eigenvalue weighted by Crippen LogP contribution is -2.65. The summed E-state index contributed by atoms with van der Waals surface area (Å²) >= 11 is 0. The molecule has 1 aromatic rings. The summed E-state index contributed by atoms with van der Waals surface area (Å²) < 4.78 is 16.4. The summed E-state index contributed by atoms with van der Waals surface area (Å²) in [6.07, 6.45) is 3.13. The van der Waals surface area contributed by atoms with Gasteiger partial charge in [-0.25, -0.2) is 0 Å². The highest BCUT2D eigenvalue weighted by Gasteiger charge is 2.68. The fourth-order valence-electron chi connectivity index (χ4n) is 5.47. The highest BCUT2D eigenvalue weighted by atomic mass is 16.7. The molecule has 132 valence electrons. The lowest BCUT2D eigenvalue weighted by atomic mass is 9.53. The van der Waals surface area contributed by atoms with Crippen LogP contribution in [0.3, 0.4) is 0 Å². The number of carbonyl (C=O) groups is 1. The van der Waals surface area contributed by atoms with Crippen molar-refractivity contribution in [3.05, 3.63) is 35.1 Å². The van der Waals surface area contributed by atoms with Crippen molar-refractivity contribution in [3.63, 3.8) is 0 Å². The molecule has 2 aliphatic carbocycles. The van der Waals surface area contributed by atoms with Gasteiger partial charge in [-0.2, -0.15) is 0 Å². The van der Waals surface area contributed by atoms with E-state index < -0.39 is 11.6 Å². The monoisotopic (exact) mass is 343 g/mol. The predicted octanol–water partition coefficient (Wildman–Crippen LogP) is 1.67. The quantitative estimate of drug-likeness (QED) is 0.837. The van der Waals surface area contributed by atoms with Crippen LogP contribution in [0.4, 0.5) is 0 Å². The summed E-state index contributed by atoms with van der Waals surface area (Å²) in [6.45, 7) is 0.996. The summed E-state index contributed by atoms with van der Waals surface area (Å²) in [5.74, 6) is 1.74. The van der Waals surface area contributed by atoms with E-state index in [1.165, 1.54) is 7.11 Å². The topological polar surface area (TPSA) is 68.2 Å². The van der Waals surface area contributed by atoms with Gasteiger partial charge in [-0.1, -0.05) is 0 Å². The van der Waals surface area contributed by atoms with E-state index in [-0.39, 0.29) is 18.0 Å². The van der Waals surface area contributed by atoms with Crippen LogP contribution in [-0.4, -0.2) is 48.8 Å². The van der Waals surface area contributed by atoms with Crippen molar-refractivity contribution < 1.29 is 24.1 Å². The van der Waals surface area contributed by atoms with Crippen molar-refractivity contribution in [1.29, 1.82) is 0 Å². The number of likely N-dealkylation sites (tertiary alicyclic amines) is 1. The number of Topliss-reactive ketones (excluding diaryl/α,β-unsaturated/α-hetero) is 1. The predicted molar refractivity (Wildman–Crippen MR) is 88.5 cm³/mol. The standard InChI is InChI=1S/C19H21NO5/c1-20-6-5-18-4-3-14(23-2)17(22)19(18,20)9-13(21)11-7-15-16(8-12(11)18)25-10-24-15/h3,7-8,13,21H,4-6,9-10H2,1-2H3. The largest absolute Gasteiger partial charge is 0.493 e. The fourth-order valence-corrected chi connectivity index (χ4v) is 5.47. The van der Waals surface area contributed by atoms with Gasteiger partial charge in [0.25, 0.3) is 0 Å². The Kier molecular flexibility index (Phi) is 2.90. The van der Waals surface area contributed by atoms with Crippen LogP contribution in [0.15, 0.2) is 24.0 Å². The highest BCUT2D eigenvalue weighted by Crippen LogP contribution is 2.62. The molecule has 4 aliphatic rings. The summed E-state index contributed by atoms with van der Waals surface area (Å²) in [6, 6.07) is 3.87. The van der Waals surface area contributed by atoms with Gasteiger partial charge in [0.2, 0.25) is 12.6 Å². The number of hydrogen-bond donors (Lipinski definition) is 1. The van der Waals surface area contributed by atoms with E-state index >= 15 is 0 Å². The minimum atomic E-state index is -0.771. The lowest BCUT2D eigenvalue weighted by Gasteiger charge is -2.54. The number of likely N-dealkylation sites (N-methyl/N-ethyl adjacent to an activating group) is 1. The molecule has 1 aromatic carbocycles. The van der Waals surface area contributed by atoms with Crippen LogP contribution in [0.1, 0.15) is 36.5 Å². The smallest absolute Gasteiger partial charge is 0.231 e. The Morgan fingerprint density at radius 1 is 1.32 bits per heavy atom. The third-order valence-corrected chi connectivity index (χ3v) is 6.68. The molecular weight excluding hydrogens is 322 g/mol. The Morgan fingerprint density at radius 2 is 2.08 bits per heavy atom. The van der Waals surface area contributed by atoms with Crippen LogP contribution < -0.4 is 9.47 Å². The number of nitrogens with zero attached hydrogens (tertiary/aromatic N) is 1. The second kappa shape index (κ2) is 4.77. The molecule has 3 atom stereocenters. The number of hydrogen-bond acceptors (Lipinski definition) is 6. The lowest BCUT2D eigenvalue weighted by molar-refractivity contribution is -0.136. The first-order valence-corrected chi connectivity index (χ1v) is 8.66. The normalized spacial score (nSPS) is 35.7.